The molecule has 0 fully saturated rings. The fraction of sp³-hybridized carbons (Fsp3) is 0.462. The van der Waals surface area contributed by atoms with Gasteiger partial charge in [0, 0.05) is 6.21 Å². The third-order valence-electron chi connectivity index (χ3n) is 2.26. The third-order valence-corrected chi connectivity index (χ3v) is 2.26. The van der Waals surface area contributed by atoms with Crippen molar-refractivity contribution in [3.63, 3.8) is 0 Å². The Bertz CT molecular complexity index is 332. The highest BCUT2D eigenvalue weighted by atomic mass is 19.1. The molecule has 0 aromatic heterocycles. The van der Waals surface area contributed by atoms with E-state index in [2.05, 4.69) is 18.8 Å². The van der Waals surface area contributed by atoms with Gasteiger partial charge in [-0.25, -0.2) is 4.39 Å². The van der Waals surface area contributed by atoms with Gasteiger partial charge in [-0.15, -0.1) is 0 Å². The molecular formula is C13H18FNO. The molecule has 0 aliphatic heterocycles. The van der Waals surface area contributed by atoms with Crippen molar-refractivity contribution in [1.29, 1.82) is 0 Å². The number of aliphatic hydroxyl groups excluding tert-OH is 1. The van der Waals surface area contributed by atoms with Gasteiger partial charge in [0.2, 0.25) is 0 Å². The van der Waals surface area contributed by atoms with Crippen molar-refractivity contribution < 1.29 is 9.50 Å². The maximum absolute atomic E-state index is 12.6. The van der Waals surface area contributed by atoms with Crippen LogP contribution in [0.4, 0.5) is 4.39 Å². The first kappa shape index (κ1) is 12.8. The van der Waals surface area contributed by atoms with E-state index in [4.69, 9.17) is 5.11 Å². The zero-order valence-electron chi connectivity index (χ0n) is 9.73. The number of hydrogen-bond acceptors (Lipinski definition) is 2. The number of nitrogens with zero attached hydrogens (tertiary/aromatic N) is 1. The van der Waals surface area contributed by atoms with Gasteiger partial charge in [-0.3, -0.25) is 4.99 Å². The van der Waals surface area contributed by atoms with Crippen molar-refractivity contribution in [3.05, 3.63) is 35.6 Å². The Kier molecular flexibility index (Phi) is 5.12. The lowest BCUT2D eigenvalue weighted by Crippen LogP contribution is -2.13. The number of aliphatic hydroxyl groups is 1. The second-order valence-corrected chi connectivity index (χ2v) is 4.30. The molecule has 0 heterocycles. The topological polar surface area (TPSA) is 32.6 Å². The first-order valence-electron chi connectivity index (χ1n) is 5.51. The molecule has 1 aromatic carbocycles. The van der Waals surface area contributed by atoms with Crippen LogP contribution in [0.2, 0.25) is 0 Å². The van der Waals surface area contributed by atoms with Crippen LogP contribution in [-0.4, -0.2) is 24.0 Å². The van der Waals surface area contributed by atoms with Crippen molar-refractivity contribution in [2.75, 3.05) is 6.61 Å². The zero-order chi connectivity index (χ0) is 12.0. The van der Waals surface area contributed by atoms with Gasteiger partial charge in [0.25, 0.3) is 0 Å². The molecule has 0 radical (unpaired) electrons. The lowest BCUT2D eigenvalue weighted by atomic mass is 10.1. The van der Waals surface area contributed by atoms with E-state index < -0.39 is 0 Å². The number of rotatable bonds is 5. The van der Waals surface area contributed by atoms with Crippen LogP contribution < -0.4 is 0 Å². The summed E-state index contributed by atoms with van der Waals surface area (Å²) in [7, 11) is 0. The summed E-state index contributed by atoms with van der Waals surface area (Å²) >= 11 is 0. The van der Waals surface area contributed by atoms with E-state index in [1.54, 1.807) is 18.3 Å². The molecule has 2 nitrogen and oxygen atoms in total. The Morgan fingerprint density at radius 1 is 1.31 bits per heavy atom. The van der Waals surface area contributed by atoms with E-state index in [0.717, 1.165) is 12.0 Å². The Morgan fingerprint density at radius 3 is 2.44 bits per heavy atom. The molecule has 88 valence electrons. The van der Waals surface area contributed by atoms with Crippen LogP contribution >= 0.6 is 0 Å². The van der Waals surface area contributed by atoms with Gasteiger partial charge in [0.1, 0.15) is 5.82 Å². The average molecular weight is 223 g/mol. The van der Waals surface area contributed by atoms with Crippen LogP contribution in [0.1, 0.15) is 25.8 Å². The predicted octanol–water partition coefficient (Wildman–Crippen LogP) is 2.65. The highest BCUT2D eigenvalue weighted by Crippen LogP contribution is 2.08. The van der Waals surface area contributed by atoms with Gasteiger partial charge >= 0.3 is 0 Å². The average Bonchev–Trinajstić information content (AvgIpc) is 2.26. The Morgan fingerprint density at radius 2 is 1.94 bits per heavy atom. The van der Waals surface area contributed by atoms with Crippen molar-refractivity contribution in [2.24, 2.45) is 10.9 Å². The van der Waals surface area contributed by atoms with E-state index in [1.807, 2.05) is 0 Å². The standard InChI is InChI=1S/C13H18FNO/c1-10(2)7-13(9-16)15-8-11-3-5-12(14)6-4-11/h3-6,8,10,13,16H,7,9H2,1-2H3. The van der Waals surface area contributed by atoms with Crippen LogP contribution in [0.3, 0.4) is 0 Å². The summed E-state index contributed by atoms with van der Waals surface area (Å²) in [5.74, 6) is 0.251. The maximum atomic E-state index is 12.6. The van der Waals surface area contributed by atoms with Gasteiger partial charge in [-0.05, 0) is 30.0 Å². The Labute approximate surface area is 95.8 Å². The molecule has 1 N–H and O–H groups in total. The Balaban J connectivity index is 2.60. The van der Waals surface area contributed by atoms with Gasteiger partial charge in [0.15, 0.2) is 0 Å². The van der Waals surface area contributed by atoms with Crippen LogP contribution in [0.15, 0.2) is 29.3 Å². The molecule has 0 saturated carbocycles. The summed E-state index contributed by atoms with van der Waals surface area (Å²) in [5, 5.41) is 9.12. The van der Waals surface area contributed by atoms with Crippen LogP contribution in [-0.2, 0) is 0 Å². The molecule has 0 aliphatic carbocycles. The van der Waals surface area contributed by atoms with Crippen LogP contribution in [0, 0.1) is 11.7 Å². The first-order valence-corrected chi connectivity index (χ1v) is 5.51. The molecule has 0 saturated heterocycles. The van der Waals surface area contributed by atoms with Crippen molar-refractivity contribution in [2.45, 2.75) is 26.3 Å². The molecule has 1 rings (SSSR count). The van der Waals surface area contributed by atoms with Crippen molar-refractivity contribution in [1.82, 2.24) is 0 Å². The summed E-state index contributed by atoms with van der Waals surface area (Å²) in [6.07, 6.45) is 2.54. The highest BCUT2D eigenvalue weighted by Gasteiger charge is 2.06. The fourth-order valence-electron chi connectivity index (χ4n) is 1.47. The third kappa shape index (κ3) is 4.53. The number of aliphatic imine (C=N–C) groups is 1. The minimum Gasteiger partial charge on any atom is -0.394 e. The summed E-state index contributed by atoms with van der Waals surface area (Å²) in [5.41, 5.74) is 0.851. The quantitative estimate of drug-likeness (QED) is 0.765. The zero-order valence-corrected chi connectivity index (χ0v) is 9.73. The summed E-state index contributed by atoms with van der Waals surface area (Å²) in [4.78, 5) is 4.28. The number of halogens is 1. The smallest absolute Gasteiger partial charge is 0.123 e. The number of hydrogen-bond donors (Lipinski definition) is 1. The Hall–Kier alpha value is -1.22. The van der Waals surface area contributed by atoms with Gasteiger partial charge < -0.3 is 5.11 Å². The molecule has 1 unspecified atom stereocenters. The summed E-state index contributed by atoms with van der Waals surface area (Å²) in [6.45, 7) is 4.24. The summed E-state index contributed by atoms with van der Waals surface area (Å²) < 4.78 is 12.6. The second-order valence-electron chi connectivity index (χ2n) is 4.30. The van der Waals surface area contributed by atoms with Crippen LogP contribution in [0.25, 0.3) is 0 Å². The molecule has 0 spiro atoms. The maximum Gasteiger partial charge on any atom is 0.123 e. The minimum atomic E-state index is -0.252. The SMILES string of the molecule is CC(C)CC(CO)N=Cc1ccc(F)cc1. The highest BCUT2D eigenvalue weighted by molar-refractivity contribution is 5.79. The molecule has 1 atom stereocenters. The monoisotopic (exact) mass is 223 g/mol. The van der Waals surface area contributed by atoms with E-state index >= 15 is 0 Å². The second kappa shape index (κ2) is 6.38. The molecule has 16 heavy (non-hydrogen) atoms. The molecule has 0 amide bonds. The molecule has 0 aliphatic rings. The van der Waals surface area contributed by atoms with E-state index in [9.17, 15) is 4.39 Å². The summed E-state index contributed by atoms with van der Waals surface area (Å²) in [6, 6.07) is 6.07. The van der Waals surface area contributed by atoms with E-state index in [0.29, 0.717) is 5.92 Å². The van der Waals surface area contributed by atoms with E-state index in [-0.39, 0.29) is 18.5 Å². The lowest BCUT2D eigenvalue weighted by Gasteiger charge is -2.11. The van der Waals surface area contributed by atoms with Gasteiger partial charge in [-0.1, -0.05) is 26.0 Å². The molecule has 1 aromatic rings. The van der Waals surface area contributed by atoms with Crippen LogP contribution in [0.5, 0.6) is 0 Å². The molecular weight excluding hydrogens is 205 g/mol. The number of benzene rings is 1. The lowest BCUT2D eigenvalue weighted by molar-refractivity contribution is 0.251. The normalized spacial score (nSPS) is 13.6. The molecule has 0 bridgehead atoms. The largest absolute Gasteiger partial charge is 0.394 e. The predicted molar refractivity (Wildman–Crippen MR) is 64.3 cm³/mol. The van der Waals surface area contributed by atoms with Crippen molar-refractivity contribution in [3.8, 4) is 0 Å². The minimum absolute atomic E-state index is 0.0515. The first-order chi connectivity index (χ1) is 7.61. The van der Waals surface area contributed by atoms with E-state index in [1.165, 1.54) is 12.1 Å². The fourth-order valence-corrected chi connectivity index (χ4v) is 1.47. The van der Waals surface area contributed by atoms with Gasteiger partial charge in [0.05, 0.1) is 12.6 Å². The van der Waals surface area contributed by atoms with Gasteiger partial charge in [-0.2, -0.15) is 0 Å². The van der Waals surface area contributed by atoms with Crippen molar-refractivity contribution >= 4 is 6.21 Å². The molecule has 3 heteroatoms.